The van der Waals surface area contributed by atoms with Crippen molar-refractivity contribution in [2.45, 2.75) is 6.04 Å². The Morgan fingerprint density at radius 1 is 1.17 bits per heavy atom. The maximum atomic E-state index is 6.11. The van der Waals surface area contributed by atoms with Crippen molar-refractivity contribution in [2.75, 3.05) is 7.05 Å². The molecule has 1 unspecified atom stereocenters. The molecular formula is C12H9Br3ClNS. The summed E-state index contributed by atoms with van der Waals surface area (Å²) < 4.78 is 3.20. The fraction of sp³-hybridized carbons (Fsp3) is 0.167. The van der Waals surface area contributed by atoms with E-state index in [1.807, 2.05) is 19.2 Å². The summed E-state index contributed by atoms with van der Waals surface area (Å²) in [7, 11) is 1.94. The Morgan fingerprint density at radius 3 is 2.39 bits per heavy atom. The van der Waals surface area contributed by atoms with Crippen molar-refractivity contribution < 1.29 is 0 Å². The standard InChI is InChI=1S/C12H9Br3ClNS/c1-17-11(9-5-10(14)18-12(9)15)6-2-7(13)4-8(16)3-6/h2-5,11,17H,1H3. The minimum Gasteiger partial charge on any atom is -0.309 e. The smallest absolute Gasteiger partial charge is 0.0761 e. The van der Waals surface area contributed by atoms with Crippen LogP contribution in [0.3, 0.4) is 0 Å². The third-order valence-electron chi connectivity index (χ3n) is 2.50. The van der Waals surface area contributed by atoms with Crippen LogP contribution in [0.25, 0.3) is 0 Å². The SMILES string of the molecule is CNC(c1cc(Cl)cc(Br)c1)c1cc(Br)sc1Br. The lowest BCUT2D eigenvalue weighted by atomic mass is 10.0. The number of benzene rings is 1. The Balaban J connectivity index is 2.48. The van der Waals surface area contributed by atoms with Gasteiger partial charge in [0.25, 0.3) is 0 Å². The third kappa shape index (κ3) is 3.38. The molecule has 1 N–H and O–H groups in total. The first-order valence-corrected chi connectivity index (χ1v) is 8.66. The minimum absolute atomic E-state index is 0.108. The lowest BCUT2D eigenvalue weighted by Crippen LogP contribution is -2.17. The molecule has 6 heteroatoms. The molecule has 0 amide bonds. The molecule has 0 aliphatic heterocycles. The first-order chi connectivity index (χ1) is 8.51. The monoisotopic (exact) mass is 471 g/mol. The van der Waals surface area contributed by atoms with Crippen LogP contribution in [0.5, 0.6) is 0 Å². The van der Waals surface area contributed by atoms with Gasteiger partial charge in [-0.3, -0.25) is 0 Å². The van der Waals surface area contributed by atoms with Crippen LogP contribution in [-0.2, 0) is 0 Å². The summed E-state index contributed by atoms with van der Waals surface area (Å²) >= 11 is 18.4. The fourth-order valence-corrected chi connectivity index (χ4v) is 5.58. The largest absolute Gasteiger partial charge is 0.309 e. The minimum atomic E-state index is 0.108. The van der Waals surface area contributed by atoms with Crippen molar-refractivity contribution in [1.82, 2.24) is 5.32 Å². The second-order valence-corrected chi connectivity index (χ2v) is 8.81. The third-order valence-corrected chi connectivity index (χ3v) is 5.56. The zero-order valence-corrected chi connectivity index (χ0v) is 15.6. The van der Waals surface area contributed by atoms with Gasteiger partial charge in [-0.2, -0.15) is 0 Å². The van der Waals surface area contributed by atoms with Crippen molar-refractivity contribution in [2.24, 2.45) is 0 Å². The lowest BCUT2D eigenvalue weighted by Gasteiger charge is -2.17. The van der Waals surface area contributed by atoms with Crippen LogP contribution in [-0.4, -0.2) is 7.05 Å². The number of hydrogen-bond donors (Lipinski definition) is 1. The summed E-state index contributed by atoms with van der Waals surface area (Å²) in [6, 6.07) is 8.16. The van der Waals surface area contributed by atoms with Gasteiger partial charge in [-0.1, -0.05) is 27.5 Å². The molecule has 1 aromatic carbocycles. The topological polar surface area (TPSA) is 12.0 Å². The average Bonchev–Trinajstić information content (AvgIpc) is 2.58. The predicted molar refractivity (Wildman–Crippen MR) is 89.8 cm³/mol. The molecule has 1 heterocycles. The Labute approximate surface area is 140 Å². The van der Waals surface area contributed by atoms with Crippen molar-refractivity contribution in [3.05, 3.63) is 52.5 Å². The zero-order chi connectivity index (χ0) is 13.3. The van der Waals surface area contributed by atoms with Gasteiger partial charge >= 0.3 is 0 Å². The van der Waals surface area contributed by atoms with Crippen LogP contribution < -0.4 is 5.32 Å². The van der Waals surface area contributed by atoms with E-state index in [4.69, 9.17) is 11.6 Å². The molecule has 1 aromatic heterocycles. The van der Waals surface area contributed by atoms with Gasteiger partial charge < -0.3 is 5.32 Å². The van der Waals surface area contributed by atoms with E-state index in [0.29, 0.717) is 0 Å². The Bertz CT molecular complexity index is 550. The first kappa shape index (κ1) is 15.0. The molecule has 2 rings (SSSR count). The van der Waals surface area contributed by atoms with Crippen LogP contribution in [0.15, 0.2) is 36.3 Å². The van der Waals surface area contributed by atoms with Crippen LogP contribution in [0.2, 0.25) is 5.02 Å². The summed E-state index contributed by atoms with van der Waals surface area (Å²) in [5.74, 6) is 0. The Morgan fingerprint density at radius 2 is 1.89 bits per heavy atom. The highest BCUT2D eigenvalue weighted by Crippen LogP contribution is 2.38. The molecule has 1 nitrogen and oxygen atoms in total. The molecule has 1 atom stereocenters. The molecule has 0 radical (unpaired) electrons. The van der Waals surface area contributed by atoms with Gasteiger partial charge in [-0.05, 0) is 74.3 Å². The normalized spacial score (nSPS) is 12.7. The van der Waals surface area contributed by atoms with E-state index < -0.39 is 0 Å². The quantitative estimate of drug-likeness (QED) is 0.576. The number of thiophene rings is 1. The summed E-state index contributed by atoms with van der Waals surface area (Å²) in [5.41, 5.74) is 2.33. The number of halogens is 4. The average molecular weight is 474 g/mol. The summed E-state index contributed by atoms with van der Waals surface area (Å²) in [6.45, 7) is 0. The maximum Gasteiger partial charge on any atom is 0.0761 e. The molecule has 0 bridgehead atoms. The highest BCUT2D eigenvalue weighted by atomic mass is 79.9. The van der Waals surface area contributed by atoms with Gasteiger partial charge in [0.15, 0.2) is 0 Å². The van der Waals surface area contributed by atoms with Gasteiger partial charge in [-0.25, -0.2) is 0 Å². The highest BCUT2D eigenvalue weighted by molar-refractivity contribution is 9.12. The van der Waals surface area contributed by atoms with Crippen LogP contribution >= 0.6 is 70.7 Å². The van der Waals surface area contributed by atoms with E-state index in [0.717, 1.165) is 22.6 Å². The molecule has 18 heavy (non-hydrogen) atoms. The number of rotatable bonds is 3. The van der Waals surface area contributed by atoms with Gasteiger partial charge in [0.1, 0.15) is 0 Å². The molecule has 0 spiro atoms. The molecule has 96 valence electrons. The summed E-state index contributed by atoms with van der Waals surface area (Å²) in [6.07, 6.45) is 0. The van der Waals surface area contributed by atoms with E-state index >= 15 is 0 Å². The van der Waals surface area contributed by atoms with E-state index in [-0.39, 0.29) is 6.04 Å². The van der Waals surface area contributed by atoms with Crippen molar-refractivity contribution >= 4 is 70.7 Å². The van der Waals surface area contributed by atoms with Gasteiger partial charge in [-0.15, -0.1) is 11.3 Å². The van der Waals surface area contributed by atoms with E-state index in [1.54, 1.807) is 11.3 Å². The van der Waals surface area contributed by atoms with E-state index in [9.17, 15) is 0 Å². The number of hydrogen-bond acceptors (Lipinski definition) is 2. The van der Waals surface area contributed by atoms with Crippen LogP contribution in [0, 0.1) is 0 Å². The zero-order valence-electron chi connectivity index (χ0n) is 9.31. The fourth-order valence-electron chi connectivity index (χ4n) is 1.79. The van der Waals surface area contributed by atoms with E-state index in [1.165, 1.54) is 5.56 Å². The van der Waals surface area contributed by atoms with Gasteiger partial charge in [0, 0.05) is 9.50 Å². The molecule has 0 saturated carbocycles. The predicted octanol–water partition coefficient (Wildman–Crippen LogP) is 6.00. The molecule has 0 aliphatic carbocycles. The molecule has 2 aromatic rings. The van der Waals surface area contributed by atoms with Crippen molar-refractivity contribution in [1.29, 1.82) is 0 Å². The van der Waals surface area contributed by atoms with Gasteiger partial charge in [0.05, 0.1) is 13.6 Å². The van der Waals surface area contributed by atoms with Crippen molar-refractivity contribution in [3.63, 3.8) is 0 Å². The van der Waals surface area contributed by atoms with E-state index in [2.05, 4.69) is 65.2 Å². The van der Waals surface area contributed by atoms with Crippen LogP contribution in [0.4, 0.5) is 0 Å². The number of nitrogens with one attached hydrogen (secondary N) is 1. The van der Waals surface area contributed by atoms with Crippen molar-refractivity contribution in [3.8, 4) is 0 Å². The van der Waals surface area contributed by atoms with Crippen LogP contribution in [0.1, 0.15) is 17.2 Å². The second kappa shape index (κ2) is 6.37. The molecular weight excluding hydrogens is 465 g/mol. The second-order valence-electron chi connectivity index (χ2n) is 3.70. The summed E-state index contributed by atoms with van der Waals surface area (Å²) in [5, 5.41) is 4.05. The van der Waals surface area contributed by atoms with Gasteiger partial charge in [0.2, 0.25) is 0 Å². The summed E-state index contributed by atoms with van der Waals surface area (Å²) in [4.78, 5) is 0. The molecule has 0 fully saturated rings. The Hall–Kier alpha value is 0.610. The Kier molecular flexibility index (Phi) is 5.31. The molecule has 0 aliphatic rings. The first-order valence-electron chi connectivity index (χ1n) is 5.09. The molecule has 0 saturated heterocycles. The lowest BCUT2D eigenvalue weighted by molar-refractivity contribution is 0.691. The maximum absolute atomic E-state index is 6.11. The highest BCUT2D eigenvalue weighted by Gasteiger charge is 2.18.